The van der Waals surface area contributed by atoms with Crippen LogP contribution in [0.2, 0.25) is 0 Å². The van der Waals surface area contributed by atoms with Crippen molar-refractivity contribution >= 4 is 33.5 Å². The molecule has 2 N–H and O–H groups in total. The molecule has 2 heterocycles. The lowest BCUT2D eigenvalue weighted by atomic mass is 10.1. The lowest BCUT2D eigenvalue weighted by Gasteiger charge is -2.09. The summed E-state index contributed by atoms with van der Waals surface area (Å²) < 4.78 is 0. The minimum atomic E-state index is -0.698. The van der Waals surface area contributed by atoms with Gasteiger partial charge in [0.1, 0.15) is 6.10 Å². The molecule has 0 fully saturated rings. The van der Waals surface area contributed by atoms with Gasteiger partial charge in [-0.2, -0.15) is 0 Å². The Labute approximate surface area is 131 Å². The second-order valence-corrected chi connectivity index (χ2v) is 6.74. The van der Waals surface area contributed by atoms with Gasteiger partial charge in [0.25, 0.3) is 0 Å². The highest BCUT2D eigenvalue weighted by Crippen LogP contribution is 2.32. The Morgan fingerprint density at radius 1 is 1.10 bits per heavy atom. The van der Waals surface area contributed by atoms with Crippen LogP contribution in [0.1, 0.15) is 27.1 Å². The number of aliphatic hydroxyl groups is 1. The van der Waals surface area contributed by atoms with Crippen LogP contribution in [0.5, 0.6) is 0 Å². The summed E-state index contributed by atoms with van der Waals surface area (Å²) in [6.07, 6.45) is -0.698. The summed E-state index contributed by atoms with van der Waals surface area (Å²) in [5.41, 5.74) is 3.36. The van der Waals surface area contributed by atoms with Gasteiger partial charge in [-0.15, -0.1) is 21.5 Å². The monoisotopic (exact) mass is 317 g/mol. The van der Waals surface area contributed by atoms with Gasteiger partial charge < -0.3 is 10.4 Å². The van der Waals surface area contributed by atoms with Gasteiger partial charge in [0.2, 0.25) is 5.13 Å². The number of nitrogens with zero attached hydrogens (tertiary/aromatic N) is 2. The Balaban J connectivity index is 1.83. The average Bonchev–Trinajstić information content (AvgIpc) is 3.14. The molecule has 21 heavy (non-hydrogen) atoms. The predicted molar refractivity (Wildman–Crippen MR) is 87.5 cm³/mol. The van der Waals surface area contributed by atoms with Crippen molar-refractivity contribution in [3.8, 4) is 0 Å². The number of aromatic nitrogens is 2. The molecule has 2 aromatic heterocycles. The number of thiophene rings is 1. The second-order valence-electron chi connectivity index (χ2n) is 4.76. The van der Waals surface area contributed by atoms with E-state index in [9.17, 15) is 5.11 Å². The van der Waals surface area contributed by atoms with Gasteiger partial charge >= 0.3 is 0 Å². The molecule has 1 atom stereocenters. The second kappa shape index (κ2) is 5.93. The van der Waals surface area contributed by atoms with Crippen molar-refractivity contribution in [1.29, 1.82) is 0 Å². The summed E-state index contributed by atoms with van der Waals surface area (Å²) in [7, 11) is 0. The molecule has 1 aromatic carbocycles. The van der Waals surface area contributed by atoms with Crippen LogP contribution in [0.4, 0.5) is 10.8 Å². The van der Waals surface area contributed by atoms with Crippen molar-refractivity contribution in [2.24, 2.45) is 0 Å². The fourth-order valence-electron chi connectivity index (χ4n) is 2.08. The lowest BCUT2D eigenvalue weighted by molar-refractivity contribution is 0.222. The minimum absolute atomic E-state index is 0.603. The molecular weight excluding hydrogens is 302 g/mol. The third-order valence-corrected chi connectivity index (χ3v) is 5.02. The normalized spacial score (nSPS) is 12.3. The standard InChI is InChI=1S/C15H15N3OS2/c1-9-5-3-6-10(2)12(9)16-15-18-17-14(21-15)13(19)11-7-4-8-20-11/h3-8,13,19H,1-2H3,(H,16,18). The van der Waals surface area contributed by atoms with E-state index in [1.54, 1.807) is 0 Å². The fraction of sp³-hybridized carbons (Fsp3) is 0.200. The van der Waals surface area contributed by atoms with E-state index in [2.05, 4.69) is 41.5 Å². The Morgan fingerprint density at radius 3 is 2.52 bits per heavy atom. The first-order valence-corrected chi connectivity index (χ1v) is 8.23. The Kier molecular flexibility index (Phi) is 4.01. The average molecular weight is 317 g/mol. The number of para-hydroxylation sites is 1. The van der Waals surface area contributed by atoms with Crippen molar-refractivity contribution in [2.75, 3.05) is 5.32 Å². The zero-order chi connectivity index (χ0) is 14.8. The van der Waals surface area contributed by atoms with Crippen LogP contribution in [-0.4, -0.2) is 15.3 Å². The number of benzene rings is 1. The smallest absolute Gasteiger partial charge is 0.210 e. The molecule has 0 radical (unpaired) electrons. The number of anilines is 2. The minimum Gasteiger partial charge on any atom is -0.380 e. The first-order valence-electron chi connectivity index (χ1n) is 6.53. The summed E-state index contributed by atoms with van der Waals surface area (Å²) in [4.78, 5) is 0.879. The van der Waals surface area contributed by atoms with Gasteiger partial charge in [-0.05, 0) is 36.4 Å². The molecule has 0 aliphatic carbocycles. The topological polar surface area (TPSA) is 58.0 Å². The van der Waals surface area contributed by atoms with E-state index in [0.29, 0.717) is 10.1 Å². The van der Waals surface area contributed by atoms with Crippen LogP contribution in [0.15, 0.2) is 35.7 Å². The van der Waals surface area contributed by atoms with E-state index in [0.717, 1.165) is 21.7 Å². The molecule has 1 unspecified atom stereocenters. The third-order valence-electron chi connectivity index (χ3n) is 3.20. The quantitative estimate of drug-likeness (QED) is 0.762. The van der Waals surface area contributed by atoms with Gasteiger partial charge in [0.15, 0.2) is 5.01 Å². The Morgan fingerprint density at radius 2 is 1.86 bits per heavy atom. The lowest BCUT2D eigenvalue weighted by Crippen LogP contribution is -1.95. The first kappa shape index (κ1) is 14.2. The van der Waals surface area contributed by atoms with E-state index < -0.39 is 6.10 Å². The SMILES string of the molecule is Cc1cccc(C)c1Nc1nnc(C(O)c2cccs2)s1. The third kappa shape index (κ3) is 2.97. The van der Waals surface area contributed by atoms with Crippen molar-refractivity contribution in [2.45, 2.75) is 20.0 Å². The molecule has 4 nitrogen and oxygen atoms in total. The van der Waals surface area contributed by atoms with Crippen molar-refractivity contribution in [3.05, 3.63) is 56.7 Å². The predicted octanol–water partition coefficient (Wildman–Crippen LogP) is 4.04. The number of aliphatic hydroxyl groups excluding tert-OH is 1. The van der Waals surface area contributed by atoms with Gasteiger partial charge in [0, 0.05) is 10.6 Å². The van der Waals surface area contributed by atoms with E-state index in [-0.39, 0.29) is 0 Å². The Hall–Kier alpha value is -1.76. The van der Waals surface area contributed by atoms with Gasteiger partial charge in [-0.1, -0.05) is 35.6 Å². The molecule has 3 rings (SSSR count). The number of hydrogen-bond donors (Lipinski definition) is 2. The largest absolute Gasteiger partial charge is 0.380 e. The number of nitrogens with one attached hydrogen (secondary N) is 1. The summed E-state index contributed by atoms with van der Waals surface area (Å²) in [5.74, 6) is 0. The molecule has 0 saturated carbocycles. The maximum atomic E-state index is 10.3. The van der Waals surface area contributed by atoms with Crippen molar-refractivity contribution in [1.82, 2.24) is 10.2 Å². The molecule has 0 spiro atoms. The van der Waals surface area contributed by atoms with E-state index in [1.165, 1.54) is 22.7 Å². The van der Waals surface area contributed by atoms with Crippen LogP contribution in [0.25, 0.3) is 0 Å². The maximum Gasteiger partial charge on any atom is 0.210 e. The Bertz CT molecular complexity index is 717. The highest BCUT2D eigenvalue weighted by atomic mass is 32.1. The molecule has 0 bridgehead atoms. The number of aryl methyl sites for hydroxylation is 2. The zero-order valence-corrected chi connectivity index (χ0v) is 13.3. The molecule has 3 aromatic rings. The highest BCUT2D eigenvalue weighted by molar-refractivity contribution is 7.15. The van der Waals surface area contributed by atoms with Crippen LogP contribution in [-0.2, 0) is 0 Å². The number of rotatable bonds is 4. The molecule has 0 amide bonds. The maximum absolute atomic E-state index is 10.3. The van der Waals surface area contributed by atoms with Crippen LogP contribution in [0, 0.1) is 13.8 Å². The van der Waals surface area contributed by atoms with Gasteiger partial charge in [-0.3, -0.25) is 0 Å². The zero-order valence-electron chi connectivity index (χ0n) is 11.7. The summed E-state index contributed by atoms with van der Waals surface area (Å²) in [6, 6.07) is 9.95. The summed E-state index contributed by atoms with van der Waals surface area (Å²) in [6.45, 7) is 4.11. The molecule has 108 valence electrons. The molecule has 6 heteroatoms. The van der Waals surface area contributed by atoms with Crippen molar-refractivity contribution in [3.63, 3.8) is 0 Å². The van der Waals surface area contributed by atoms with Crippen LogP contribution in [0.3, 0.4) is 0 Å². The molecular formula is C15H15N3OS2. The molecule has 0 aliphatic heterocycles. The fourth-order valence-corrected chi connectivity index (χ4v) is 3.62. The van der Waals surface area contributed by atoms with Crippen LogP contribution >= 0.6 is 22.7 Å². The van der Waals surface area contributed by atoms with Gasteiger partial charge in [0.05, 0.1) is 0 Å². The van der Waals surface area contributed by atoms with E-state index >= 15 is 0 Å². The van der Waals surface area contributed by atoms with E-state index in [4.69, 9.17) is 0 Å². The van der Waals surface area contributed by atoms with E-state index in [1.807, 2.05) is 23.6 Å². The van der Waals surface area contributed by atoms with Crippen molar-refractivity contribution < 1.29 is 5.11 Å². The summed E-state index contributed by atoms with van der Waals surface area (Å²) in [5, 5.41) is 25.0. The van der Waals surface area contributed by atoms with Crippen LogP contribution < -0.4 is 5.32 Å². The number of hydrogen-bond acceptors (Lipinski definition) is 6. The first-order chi connectivity index (χ1) is 10.1. The molecule has 0 saturated heterocycles. The summed E-state index contributed by atoms with van der Waals surface area (Å²) >= 11 is 2.89. The highest BCUT2D eigenvalue weighted by Gasteiger charge is 2.17. The molecule has 0 aliphatic rings. The van der Waals surface area contributed by atoms with Gasteiger partial charge in [-0.25, -0.2) is 0 Å².